The molecule has 32 heavy (non-hydrogen) atoms. The number of hydrogen-bond acceptors (Lipinski definition) is 5. The molecule has 1 fully saturated rings. The molecular weight excluding hydrogens is 402 g/mol. The summed E-state index contributed by atoms with van der Waals surface area (Å²) in [6.45, 7) is 10.6. The molecule has 2 heterocycles. The van der Waals surface area contributed by atoms with Gasteiger partial charge < -0.3 is 0 Å². The Labute approximate surface area is 187 Å². The third kappa shape index (κ3) is 2.45. The number of nitrogens with one attached hydrogen (secondary N) is 2. The van der Waals surface area contributed by atoms with Crippen LogP contribution in [0.5, 0.6) is 0 Å². The minimum atomic E-state index is -0.872. The minimum absolute atomic E-state index is 0.245. The first-order valence-corrected chi connectivity index (χ1v) is 10.9. The third-order valence-corrected chi connectivity index (χ3v) is 8.27. The van der Waals surface area contributed by atoms with Crippen molar-refractivity contribution < 1.29 is 9.59 Å². The summed E-state index contributed by atoms with van der Waals surface area (Å²) in [4.78, 5) is 40.2. The van der Waals surface area contributed by atoms with E-state index in [1.165, 1.54) is 5.56 Å². The Balaban J connectivity index is 1.57. The maximum Gasteiger partial charge on any atom is 0.269 e. The zero-order chi connectivity index (χ0) is 22.9. The normalized spacial score (nSPS) is 24.9. The van der Waals surface area contributed by atoms with Crippen LogP contribution in [0.1, 0.15) is 66.5 Å². The maximum atomic E-state index is 13.7. The Kier molecular flexibility index (Phi) is 4.22. The van der Waals surface area contributed by atoms with Crippen molar-refractivity contribution in [3.05, 3.63) is 64.7 Å². The average Bonchev–Trinajstić information content (AvgIpc) is 3.07. The molecule has 7 nitrogen and oxygen atoms in total. The zero-order valence-corrected chi connectivity index (χ0v) is 19.0. The molecule has 3 aromatic rings. The summed E-state index contributed by atoms with van der Waals surface area (Å²) >= 11 is 0. The molecule has 0 aliphatic heterocycles. The lowest BCUT2D eigenvalue weighted by atomic mass is 9.63. The highest BCUT2D eigenvalue weighted by Gasteiger charge is 2.73. The van der Waals surface area contributed by atoms with Crippen molar-refractivity contribution in [1.29, 1.82) is 0 Å². The van der Waals surface area contributed by atoms with E-state index in [1.807, 2.05) is 6.07 Å². The first-order chi connectivity index (χ1) is 15.1. The van der Waals surface area contributed by atoms with Crippen LogP contribution in [0.15, 0.2) is 36.7 Å². The summed E-state index contributed by atoms with van der Waals surface area (Å²) < 4.78 is 0. The summed E-state index contributed by atoms with van der Waals surface area (Å²) in [7, 11) is 0. The number of carbonyl (C=O) groups excluding carboxylic acids is 2. The molecule has 2 amide bonds. The van der Waals surface area contributed by atoms with E-state index in [-0.39, 0.29) is 17.2 Å². The number of benzene rings is 1. The van der Waals surface area contributed by atoms with Gasteiger partial charge in [0, 0.05) is 23.4 Å². The molecule has 0 spiro atoms. The van der Waals surface area contributed by atoms with Gasteiger partial charge in [-0.15, -0.1) is 0 Å². The predicted octanol–water partition coefficient (Wildman–Crippen LogP) is 3.43. The van der Waals surface area contributed by atoms with Gasteiger partial charge in [0.25, 0.3) is 11.8 Å². The monoisotopic (exact) mass is 429 g/mol. The largest absolute Gasteiger partial charge is 0.272 e. The fourth-order valence-electron chi connectivity index (χ4n) is 5.66. The van der Waals surface area contributed by atoms with Gasteiger partial charge in [-0.1, -0.05) is 20.8 Å². The van der Waals surface area contributed by atoms with Gasteiger partial charge in [0.15, 0.2) is 0 Å². The smallest absolute Gasteiger partial charge is 0.269 e. The Morgan fingerprint density at radius 1 is 0.875 bits per heavy atom. The summed E-state index contributed by atoms with van der Waals surface area (Å²) in [6.07, 6.45) is 4.58. The van der Waals surface area contributed by atoms with E-state index >= 15 is 0 Å². The van der Waals surface area contributed by atoms with E-state index in [1.54, 1.807) is 24.5 Å². The number of fused-ring (bicyclic) bond motifs is 6. The Hall–Kier alpha value is -3.35. The third-order valence-electron chi connectivity index (χ3n) is 8.27. The number of rotatable bonds is 2. The van der Waals surface area contributed by atoms with Crippen LogP contribution in [0.2, 0.25) is 0 Å². The Morgan fingerprint density at radius 3 is 2.09 bits per heavy atom. The number of aromatic nitrogens is 3. The van der Waals surface area contributed by atoms with Crippen LogP contribution >= 0.6 is 0 Å². The Bertz CT molecular complexity index is 1290. The van der Waals surface area contributed by atoms with E-state index in [4.69, 9.17) is 9.97 Å². The molecular formula is C25H27N5O2. The molecule has 2 aromatic heterocycles. The predicted molar refractivity (Wildman–Crippen MR) is 121 cm³/mol. The van der Waals surface area contributed by atoms with Crippen molar-refractivity contribution in [2.45, 2.75) is 58.3 Å². The zero-order valence-electron chi connectivity index (χ0n) is 19.0. The second-order valence-corrected chi connectivity index (χ2v) is 9.85. The van der Waals surface area contributed by atoms with Crippen LogP contribution in [0, 0.1) is 19.3 Å². The highest BCUT2D eigenvalue weighted by atomic mass is 16.2. The summed E-state index contributed by atoms with van der Waals surface area (Å²) in [5, 5.41) is 0. The molecule has 2 aliphatic rings. The van der Waals surface area contributed by atoms with Crippen molar-refractivity contribution >= 4 is 22.8 Å². The number of aryl methyl sites for hydroxylation is 2. The number of carbonyl (C=O) groups is 2. The van der Waals surface area contributed by atoms with Gasteiger partial charge >= 0.3 is 0 Å². The number of hydrogen-bond donors (Lipinski definition) is 2. The van der Waals surface area contributed by atoms with Crippen molar-refractivity contribution in [2.24, 2.45) is 5.41 Å². The van der Waals surface area contributed by atoms with Crippen molar-refractivity contribution in [2.75, 3.05) is 0 Å². The second-order valence-electron chi connectivity index (χ2n) is 9.85. The molecule has 7 heteroatoms. The van der Waals surface area contributed by atoms with Crippen LogP contribution in [0.25, 0.3) is 11.0 Å². The van der Waals surface area contributed by atoms with E-state index < -0.39 is 10.8 Å². The standard InChI is InChI=1S/C25H27N5O2/c1-14-12-17-18(13-15(14)2)28-20-19(27-17)24(5)8-9-25(20,23(24,3)4)22(32)30-29-21(31)16-6-10-26-11-7-16/h6-7,10-13H,8-9H2,1-5H3,(H,29,31)(H,30,32). The minimum Gasteiger partial charge on any atom is -0.272 e. The highest BCUT2D eigenvalue weighted by molar-refractivity contribution is 5.98. The summed E-state index contributed by atoms with van der Waals surface area (Å²) in [5.74, 6) is -0.630. The van der Waals surface area contributed by atoms with E-state index in [0.717, 1.165) is 34.4 Å². The Morgan fingerprint density at radius 2 is 1.47 bits per heavy atom. The molecule has 164 valence electrons. The lowest BCUT2D eigenvalue weighted by molar-refractivity contribution is -0.131. The fourth-order valence-corrected chi connectivity index (χ4v) is 5.66. The topological polar surface area (TPSA) is 96.9 Å². The molecule has 1 saturated carbocycles. The van der Waals surface area contributed by atoms with Gasteiger partial charge in [-0.25, -0.2) is 9.97 Å². The van der Waals surface area contributed by atoms with Crippen LogP contribution in [0.3, 0.4) is 0 Å². The summed E-state index contributed by atoms with van der Waals surface area (Å²) in [6, 6.07) is 7.31. The fraction of sp³-hybridized carbons (Fsp3) is 0.400. The molecule has 5 rings (SSSR count). The van der Waals surface area contributed by atoms with Crippen molar-refractivity contribution in [3.63, 3.8) is 0 Å². The number of pyridine rings is 1. The summed E-state index contributed by atoms with van der Waals surface area (Å²) in [5.41, 5.74) is 9.73. The molecule has 2 N–H and O–H groups in total. The van der Waals surface area contributed by atoms with Gasteiger partial charge in [0.05, 0.1) is 22.4 Å². The van der Waals surface area contributed by atoms with Gasteiger partial charge in [-0.3, -0.25) is 25.4 Å². The molecule has 0 radical (unpaired) electrons. The quantitative estimate of drug-likeness (QED) is 0.609. The van der Waals surface area contributed by atoms with Crippen LogP contribution in [-0.4, -0.2) is 26.8 Å². The average molecular weight is 430 g/mol. The highest BCUT2D eigenvalue weighted by Crippen LogP contribution is 2.70. The number of hydrazine groups is 1. The molecule has 0 saturated heterocycles. The van der Waals surface area contributed by atoms with Crippen molar-refractivity contribution in [1.82, 2.24) is 25.8 Å². The van der Waals surface area contributed by atoms with Gasteiger partial charge in [0.1, 0.15) is 5.41 Å². The molecule has 1 aromatic carbocycles. The van der Waals surface area contributed by atoms with Crippen LogP contribution < -0.4 is 10.9 Å². The van der Waals surface area contributed by atoms with Crippen molar-refractivity contribution in [3.8, 4) is 0 Å². The molecule has 2 bridgehead atoms. The van der Waals surface area contributed by atoms with E-state index in [0.29, 0.717) is 12.0 Å². The van der Waals surface area contributed by atoms with Crippen LogP contribution in [-0.2, 0) is 15.6 Å². The molecule has 2 aliphatic carbocycles. The van der Waals surface area contributed by atoms with Gasteiger partial charge in [-0.05, 0) is 67.5 Å². The number of nitrogens with zero attached hydrogens (tertiary/aromatic N) is 3. The van der Waals surface area contributed by atoms with Gasteiger partial charge in [-0.2, -0.15) is 0 Å². The lowest BCUT2D eigenvalue weighted by Crippen LogP contribution is -2.55. The van der Waals surface area contributed by atoms with Gasteiger partial charge in [0.2, 0.25) is 0 Å². The SMILES string of the molecule is Cc1cc2nc3c(nc2cc1C)C1(C(=O)NNC(=O)c2ccncc2)CCC3(C)C1(C)C. The first kappa shape index (κ1) is 20.5. The second kappa shape index (κ2) is 6.58. The van der Waals surface area contributed by atoms with E-state index in [2.05, 4.69) is 56.5 Å². The first-order valence-electron chi connectivity index (χ1n) is 10.9. The maximum absolute atomic E-state index is 13.7. The van der Waals surface area contributed by atoms with Crippen LogP contribution in [0.4, 0.5) is 0 Å². The lowest BCUT2D eigenvalue weighted by Gasteiger charge is -2.39. The van der Waals surface area contributed by atoms with E-state index in [9.17, 15) is 9.59 Å². The molecule has 2 atom stereocenters. The molecule has 2 unspecified atom stereocenters. The number of amides is 2.